The van der Waals surface area contributed by atoms with E-state index in [1.807, 2.05) is 18.2 Å². The maximum Gasteiger partial charge on any atom is 0.146 e. The number of hydrogen-bond donors (Lipinski definition) is 1. The second kappa shape index (κ2) is 5.54. The van der Waals surface area contributed by atoms with Crippen molar-refractivity contribution < 1.29 is 9.13 Å². The number of benzene rings is 2. The molecule has 0 amide bonds. The minimum absolute atomic E-state index is 0.207. The molecule has 0 saturated heterocycles. The van der Waals surface area contributed by atoms with Crippen LogP contribution in [0.5, 0.6) is 5.75 Å². The number of nitrogens with two attached hydrogens (primary N) is 1. The van der Waals surface area contributed by atoms with E-state index < -0.39 is 0 Å². The van der Waals surface area contributed by atoms with Crippen LogP contribution < -0.4 is 10.5 Å². The minimum Gasteiger partial charge on any atom is -0.497 e. The summed E-state index contributed by atoms with van der Waals surface area (Å²) in [6, 6.07) is 12.8. The quantitative estimate of drug-likeness (QED) is 0.839. The van der Waals surface area contributed by atoms with E-state index in [-0.39, 0.29) is 11.5 Å². The molecule has 0 aliphatic heterocycles. The van der Waals surface area contributed by atoms with Gasteiger partial charge in [0.05, 0.1) is 12.8 Å². The molecule has 0 aliphatic rings. The topological polar surface area (TPSA) is 35.2 Å². The predicted octanol–water partition coefficient (Wildman–Crippen LogP) is 3.20. The third kappa shape index (κ3) is 3.00. The van der Waals surface area contributed by atoms with Crippen molar-refractivity contribution in [3.8, 4) is 5.75 Å². The molecule has 0 fully saturated rings. The summed E-state index contributed by atoms with van der Waals surface area (Å²) in [5.41, 5.74) is 7.98. The van der Waals surface area contributed by atoms with Crippen molar-refractivity contribution in [1.82, 2.24) is 0 Å². The summed E-state index contributed by atoms with van der Waals surface area (Å²) in [5.74, 6) is 0.492. The average molecular weight is 245 g/mol. The largest absolute Gasteiger partial charge is 0.497 e. The highest BCUT2D eigenvalue weighted by Crippen LogP contribution is 2.17. The molecule has 0 unspecified atom stereocenters. The average Bonchev–Trinajstić information content (AvgIpc) is 2.40. The lowest BCUT2D eigenvalue weighted by molar-refractivity contribution is 0.414. The van der Waals surface area contributed by atoms with E-state index in [1.54, 1.807) is 19.2 Å². The smallest absolute Gasteiger partial charge is 0.146 e. The number of hydrogen-bond acceptors (Lipinski definition) is 2. The number of anilines is 1. The van der Waals surface area contributed by atoms with Gasteiger partial charge in [0.25, 0.3) is 0 Å². The van der Waals surface area contributed by atoms with Crippen LogP contribution in [-0.2, 0) is 12.8 Å². The SMILES string of the molecule is COc1cccc(CCc2ccc(F)c(N)c2)c1. The van der Waals surface area contributed by atoms with Crippen LogP contribution in [0.1, 0.15) is 11.1 Å². The number of ether oxygens (including phenoxy) is 1. The van der Waals surface area contributed by atoms with Gasteiger partial charge in [0.2, 0.25) is 0 Å². The van der Waals surface area contributed by atoms with E-state index in [2.05, 4.69) is 6.07 Å². The molecule has 2 aromatic rings. The van der Waals surface area contributed by atoms with Gasteiger partial charge in [0.1, 0.15) is 11.6 Å². The van der Waals surface area contributed by atoms with Gasteiger partial charge in [0.15, 0.2) is 0 Å². The molecular formula is C15H16FNO. The molecule has 2 nitrogen and oxygen atoms in total. The number of halogens is 1. The third-order valence-corrected chi connectivity index (χ3v) is 2.90. The lowest BCUT2D eigenvalue weighted by Crippen LogP contribution is -1.96. The summed E-state index contributed by atoms with van der Waals surface area (Å²) in [6.07, 6.45) is 1.71. The minimum atomic E-state index is -0.361. The van der Waals surface area contributed by atoms with Gasteiger partial charge in [-0.05, 0) is 48.2 Å². The first-order chi connectivity index (χ1) is 8.69. The summed E-state index contributed by atoms with van der Waals surface area (Å²) in [4.78, 5) is 0. The van der Waals surface area contributed by atoms with Crippen LogP contribution in [0.15, 0.2) is 42.5 Å². The van der Waals surface area contributed by atoms with Crippen molar-refractivity contribution in [2.24, 2.45) is 0 Å². The molecule has 2 N–H and O–H groups in total. The lowest BCUT2D eigenvalue weighted by atomic mass is 10.0. The zero-order chi connectivity index (χ0) is 13.0. The van der Waals surface area contributed by atoms with Crippen molar-refractivity contribution in [2.45, 2.75) is 12.8 Å². The molecule has 0 atom stereocenters. The zero-order valence-corrected chi connectivity index (χ0v) is 10.3. The Morgan fingerprint density at radius 2 is 1.78 bits per heavy atom. The van der Waals surface area contributed by atoms with E-state index in [0.29, 0.717) is 0 Å². The van der Waals surface area contributed by atoms with Crippen molar-refractivity contribution in [3.63, 3.8) is 0 Å². The maximum absolute atomic E-state index is 13.0. The molecule has 2 rings (SSSR count). The fourth-order valence-electron chi connectivity index (χ4n) is 1.87. The van der Waals surface area contributed by atoms with Crippen molar-refractivity contribution in [1.29, 1.82) is 0 Å². The fourth-order valence-corrected chi connectivity index (χ4v) is 1.87. The summed E-state index contributed by atoms with van der Waals surface area (Å²) in [5, 5.41) is 0. The number of nitrogen functional groups attached to an aromatic ring is 1. The molecule has 0 radical (unpaired) electrons. The molecular weight excluding hydrogens is 229 g/mol. The van der Waals surface area contributed by atoms with Crippen LogP contribution in [0, 0.1) is 5.82 Å². The molecule has 0 aromatic heterocycles. The van der Waals surface area contributed by atoms with E-state index in [0.717, 1.165) is 24.2 Å². The van der Waals surface area contributed by atoms with Crippen LogP contribution in [0.25, 0.3) is 0 Å². The Labute approximate surface area is 106 Å². The summed E-state index contributed by atoms with van der Waals surface area (Å²) < 4.78 is 18.2. The second-order valence-corrected chi connectivity index (χ2v) is 4.21. The molecule has 2 aromatic carbocycles. The Morgan fingerprint density at radius 1 is 1.06 bits per heavy atom. The third-order valence-electron chi connectivity index (χ3n) is 2.90. The Morgan fingerprint density at radius 3 is 2.44 bits per heavy atom. The monoisotopic (exact) mass is 245 g/mol. The van der Waals surface area contributed by atoms with Crippen molar-refractivity contribution in [2.75, 3.05) is 12.8 Å². The molecule has 0 aliphatic carbocycles. The number of rotatable bonds is 4. The Bertz CT molecular complexity index is 540. The normalized spacial score (nSPS) is 10.3. The maximum atomic E-state index is 13.0. The fraction of sp³-hybridized carbons (Fsp3) is 0.200. The lowest BCUT2D eigenvalue weighted by Gasteiger charge is -2.06. The highest BCUT2D eigenvalue weighted by atomic mass is 19.1. The number of aryl methyl sites for hydroxylation is 2. The van der Waals surface area contributed by atoms with Crippen LogP contribution in [0.2, 0.25) is 0 Å². The molecule has 3 heteroatoms. The second-order valence-electron chi connectivity index (χ2n) is 4.21. The van der Waals surface area contributed by atoms with Gasteiger partial charge in [-0.3, -0.25) is 0 Å². The summed E-state index contributed by atoms with van der Waals surface area (Å²) >= 11 is 0. The van der Waals surface area contributed by atoms with Crippen molar-refractivity contribution >= 4 is 5.69 Å². The van der Waals surface area contributed by atoms with Gasteiger partial charge in [0, 0.05) is 0 Å². The summed E-state index contributed by atoms with van der Waals surface area (Å²) in [6.45, 7) is 0. The van der Waals surface area contributed by atoms with Crippen LogP contribution >= 0.6 is 0 Å². The van der Waals surface area contributed by atoms with Gasteiger partial charge >= 0.3 is 0 Å². The highest BCUT2D eigenvalue weighted by molar-refractivity contribution is 5.42. The predicted molar refractivity (Wildman–Crippen MR) is 71.2 cm³/mol. The van der Waals surface area contributed by atoms with Gasteiger partial charge < -0.3 is 10.5 Å². The molecule has 0 bridgehead atoms. The van der Waals surface area contributed by atoms with Crippen molar-refractivity contribution in [3.05, 3.63) is 59.4 Å². The van der Waals surface area contributed by atoms with Gasteiger partial charge in [-0.25, -0.2) is 4.39 Å². The first-order valence-electron chi connectivity index (χ1n) is 5.86. The molecule has 94 valence electrons. The molecule has 0 spiro atoms. The van der Waals surface area contributed by atoms with E-state index in [4.69, 9.17) is 10.5 Å². The zero-order valence-electron chi connectivity index (χ0n) is 10.3. The Hall–Kier alpha value is -2.03. The molecule has 0 saturated carbocycles. The standard InChI is InChI=1S/C15H16FNO/c1-18-13-4-2-3-11(9-13)5-6-12-7-8-14(16)15(17)10-12/h2-4,7-10H,5-6,17H2,1H3. The Kier molecular flexibility index (Phi) is 3.82. The summed E-state index contributed by atoms with van der Waals surface area (Å²) in [7, 11) is 1.65. The van der Waals surface area contributed by atoms with Crippen LogP contribution in [0.3, 0.4) is 0 Å². The molecule has 0 heterocycles. The Balaban J connectivity index is 2.04. The van der Waals surface area contributed by atoms with Crippen LogP contribution in [0.4, 0.5) is 10.1 Å². The van der Waals surface area contributed by atoms with Gasteiger partial charge in [-0.1, -0.05) is 18.2 Å². The first-order valence-corrected chi connectivity index (χ1v) is 5.86. The van der Waals surface area contributed by atoms with Crippen LogP contribution in [-0.4, -0.2) is 7.11 Å². The highest BCUT2D eigenvalue weighted by Gasteiger charge is 2.01. The first kappa shape index (κ1) is 12.4. The van der Waals surface area contributed by atoms with E-state index in [9.17, 15) is 4.39 Å². The van der Waals surface area contributed by atoms with E-state index >= 15 is 0 Å². The molecule has 18 heavy (non-hydrogen) atoms. The van der Waals surface area contributed by atoms with Gasteiger partial charge in [-0.15, -0.1) is 0 Å². The van der Waals surface area contributed by atoms with E-state index in [1.165, 1.54) is 11.6 Å². The number of methoxy groups -OCH3 is 1. The van der Waals surface area contributed by atoms with Gasteiger partial charge in [-0.2, -0.15) is 0 Å².